The van der Waals surface area contributed by atoms with Gasteiger partial charge >= 0.3 is 5.97 Å². The van der Waals surface area contributed by atoms with Gasteiger partial charge in [0.25, 0.3) is 11.6 Å². The van der Waals surface area contributed by atoms with Crippen LogP contribution in [-0.2, 0) is 20.9 Å². The minimum absolute atomic E-state index is 0.232. The molecule has 5 nitrogen and oxygen atoms in total. The van der Waals surface area contributed by atoms with Crippen LogP contribution >= 0.6 is 12.2 Å². The number of hydrogen-bond donors (Lipinski definition) is 0. The molecule has 3 rings (SSSR count). The van der Waals surface area contributed by atoms with Gasteiger partial charge in [0.15, 0.2) is 5.11 Å². The molecule has 2 saturated heterocycles. The van der Waals surface area contributed by atoms with E-state index in [4.69, 9.17) is 17.0 Å². The van der Waals surface area contributed by atoms with Gasteiger partial charge in [-0.15, -0.1) is 0 Å². The standard InChI is InChI=1S/C15H16N2O3S/c1-11(18)20-15-8-5-9-17(15)14(21)16(13(15)19)10-12-6-3-2-4-7-12/h2-4,6-7H,5,8-10H2,1H3. The predicted octanol–water partition coefficient (Wildman–Crippen LogP) is 1.67. The van der Waals surface area contributed by atoms with Crippen LogP contribution in [-0.4, -0.2) is 39.1 Å². The topological polar surface area (TPSA) is 49.9 Å². The van der Waals surface area contributed by atoms with E-state index in [-0.39, 0.29) is 5.91 Å². The quantitative estimate of drug-likeness (QED) is 0.628. The number of benzene rings is 1. The summed E-state index contributed by atoms with van der Waals surface area (Å²) in [6.07, 6.45) is 1.29. The average Bonchev–Trinajstić information content (AvgIpc) is 2.94. The van der Waals surface area contributed by atoms with Crippen molar-refractivity contribution in [2.75, 3.05) is 6.54 Å². The van der Waals surface area contributed by atoms with Gasteiger partial charge in [0.2, 0.25) is 0 Å². The summed E-state index contributed by atoms with van der Waals surface area (Å²) in [5, 5.41) is 0.447. The molecule has 2 fully saturated rings. The lowest BCUT2D eigenvalue weighted by Gasteiger charge is -2.27. The molecule has 0 N–H and O–H groups in total. The number of fused-ring (bicyclic) bond motifs is 1. The Morgan fingerprint density at radius 2 is 2.10 bits per heavy atom. The van der Waals surface area contributed by atoms with Gasteiger partial charge in [0.1, 0.15) is 0 Å². The molecule has 110 valence electrons. The molecule has 1 aromatic rings. The molecule has 0 bridgehead atoms. The fourth-order valence-corrected chi connectivity index (χ4v) is 3.39. The second-order valence-electron chi connectivity index (χ2n) is 5.29. The molecule has 1 aromatic carbocycles. The van der Waals surface area contributed by atoms with Crippen LogP contribution in [0.15, 0.2) is 30.3 Å². The third kappa shape index (κ3) is 2.19. The van der Waals surface area contributed by atoms with Gasteiger partial charge in [-0.25, -0.2) is 0 Å². The number of nitrogens with zero attached hydrogens (tertiary/aromatic N) is 2. The number of ether oxygens (including phenoxy) is 1. The number of carbonyl (C=O) groups excluding carboxylic acids is 2. The summed E-state index contributed by atoms with van der Waals surface area (Å²) in [5.41, 5.74) is -0.218. The third-order valence-electron chi connectivity index (χ3n) is 3.87. The largest absolute Gasteiger partial charge is 0.429 e. The van der Waals surface area contributed by atoms with Crippen LogP contribution in [0.3, 0.4) is 0 Å². The Hall–Kier alpha value is -1.95. The Labute approximate surface area is 128 Å². The summed E-state index contributed by atoms with van der Waals surface area (Å²) in [6, 6.07) is 9.64. The summed E-state index contributed by atoms with van der Waals surface area (Å²) >= 11 is 5.42. The zero-order valence-electron chi connectivity index (χ0n) is 11.7. The number of esters is 1. The van der Waals surface area contributed by atoms with Crippen molar-refractivity contribution in [3.05, 3.63) is 35.9 Å². The number of carbonyl (C=O) groups is 2. The van der Waals surface area contributed by atoms with E-state index in [1.165, 1.54) is 11.8 Å². The highest BCUT2D eigenvalue weighted by molar-refractivity contribution is 7.80. The summed E-state index contributed by atoms with van der Waals surface area (Å²) in [4.78, 5) is 27.4. The Kier molecular flexibility index (Phi) is 3.41. The number of rotatable bonds is 3. The normalized spacial score (nSPS) is 24.4. The highest BCUT2D eigenvalue weighted by atomic mass is 32.1. The molecule has 1 atom stereocenters. The minimum Gasteiger partial charge on any atom is -0.429 e. The Morgan fingerprint density at radius 3 is 2.76 bits per heavy atom. The van der Waals surface area contributed by atoms with Crippen molar-refractivity contribution in [3.8, 4) is 0 Å². The molecule has 0 saturated carbocycles. The summed E-state index contributed by atoms with van der Waals surface area (Å²) in [7, 11) is 0. The van der Waals surface area contributed by atoms with Crippen LogP contribution in [0, 0.1) is 0 Å². The number of thiocarbonyl (C=S) groups is 1. The van der Waals surface area contributed by atoms with Crippen LogP contribution in [0.2, 0.25) is 0 Å². The lowest BCUT2D eigenvalue weighted by molar-refractivity contribution is -0.176. The monoisotopic (exact) mass is 304 g/mol. The van der Waals surface area contributed by atoms with Crippen molar-refractivity contribution in [1.82, 2.24) is 9.80 Å². The molecule has 1 amide bonds. The molecule has 0 spiro atoms. The van der Waals surface area contributed by atoms with Crippen molar-refractivity contribution in [1.29, 1.82) is 0 Å². The van der Waals surface area contributed by atoms with Gasteiger partial charge in [-0.2, -0.15) is 0 Å². The molecule has 1 unspecified atom stereocenters. The van der Waals surface area contributed by atoms with Crippen LogP contribution in [0.25, 0.3) is 0 Å². The van der Waals surface area contributed by atoms with Gasteiger partial charge < -0.3 is 9.64 Å². The maximum atomic E-state index is 12.8. The van der Waals surface area contributed by atoms with E-state index in [0.717, 1.165) is 12.0 Å². The fraction of sp³-hybridized carbons (Fsp3) is 0.400. The lowest BCUT2D eigenvalue weighted by atomic mass is 10.1. The van der Waals surface area contributed by atoms with E-state index < -0.39 is 11.7 Å². The lowest BCUT2D eigenvalue weighted by Crippen LogP contribution is -2.48. The second-order valence-corrected chi connectivity index (χ2v) is 5.66. The first-order valence-electron chi connectivity index (χ1n) is 6.92. The van der Waals surface area contributed by atoms with Crippen molar-refractivity contribution >= 4 is 29.2 Å². The van der Waals surface area contributed by atoms with E-state index in [9.17, 15) is 9.59 Å². The summed E-state index contributed by atoms with van der Waals surface area (Å²) in [6.45, 7) is 2.36. The van der Waals surface area contributed by atoms with E-state index in [0.29, 0.717) is 24.6 Å². The van der Waals surface area contributed by atoms with Crippen LogP contribution in [0.5, 0.6) is 0 Å². The molecular weight excluding hydrogens is 288 g/mol. The first-order valence-corrected chi connectivity index (χ1v) is 7.32. The molecule has 2 aliphatic rings. The molecule has 2 heterocycles. The third-order valence-corrected chi connectivity index (χ3v) is 4.31. The first-order chi connectivity index (χ1) is 10.0. The molecular formula is C15H16N2O3S. The van der Waals surface area contributed by atoms with Crippen molar-refractivity contribution in [2.24, 2.45) is 0 Å². The van der Waals surface area contributed by atoms with Crippen LogP contribution in [0.1, 0.15) is 25.3 Å². The minimum atomic E-state index is -1.21. The highest BCUT2D eigenvalue weighted by Gasteiger charge is 2.60. The summed E-state index contributed by atoms with van der Waals surface area (Å²) in [5.74, 6) is -0.691. The Bertz CT molecular complexity index is 604. The Balaban J connectivity index is 1.89. The smallest absolute Gasteiger partial charge is 0.305 e. The van der Waals surface area contributed by atoms with E-state index >= 15 is 0 Å². The summed E-state index contributed by atoms with van der Waals surface area (Å²) < 4.78 is 5.38. The van der Waals surface area contributed by atoms with Gasteiger partial charge in [-0.1, -0.05) is 30.3 Å². The van der Waals surface area contributed by atoms with Gasteiger partial charge in [-0.05, 0) is 24.2 Å². The molecule has 21 heavy (non-hydrogen) atoms. The van der Waals surface area contributed by atoms with Crippen molar-refractivity contribution in [2.45, 2.75) is 32.0 Å². The number of hydrogen-bond acceptors (Lipinski definition) is 4. The first kappa shape index (κ1) is 14.0. The zero-order valence-corrected chi connectivity index (χ0v) is 12.6. The maximum absolute atomic E-state index is 12.8. The number of amides is 1. The van der Waals surface area contributed by atoms with Gasteiger partial charge in [0, 0.05) is 19.9 Å². The molecule has 0 aliphatic carbocycles. The maximum Gasteiger partial charge on any atom is 0.305 e. The molecule has 6 heteroatoms. The van der Waals surface area contributed by atoms with E-state index in [1.807, 2.05) is 30.3 Å². The van der Waals surface area contributed by atoms with Gasteiger partial charge in [-0.3, -0.25) is 14.5 Å². The van der Waals surface area contributed by atoms with Crippen LogP contribution in [0.4, 0.5) is 0 Å². The van der Waals surface area contributed by atoms with Gasteiger partial charge in [0.05, 0.1) is 6.54 Å². The second kappa shape index (κ2) is 5.11. The van der Waals surface area contributed by atoms with E-state index in [2.05, 4.69) is 0 Å². The molecule has 0 aromatic heterocycles. The average molecular weight is 304 g/mol. The predicted molar refractivity (Wildman–Crippen MR) is 80.0 cm³/mol. The van der Waals surface area contributed by atoms with Crippen molar-refractivity contribution < 1.29 is 14.3 Å². The molecule has 0 radical (unpaired) electrons. The zero-order chi connectivity index (χ0) is 15.0. The highest BCUT2D eigenvalue weighted by Crippen LogP contribution is 2.39. The fourth-order valence-electron chi connectivity index (χ4n) is 3.00. The van der Waals surface area contributed by atoms with E-state index in [1.54, 1.807) is 4.90 Å². The Morgan fingerprint density at radius 1 is 1.38 bits per heavy atom. The molecule has 2 aliphatic heterocycles. The van der Waals surface area contributed by atoms with Crippen LogP contribution < -0.4 is 0 Å². The van der Waals surface area contributed by atoms with Crippen molar-refractivity contribution in [3.63, 3.8) is 0 Å². The SMILES string of the molecule is CC(=O)OC12CCCN1C(=S)N(Cc1ccccc1)C2=O.